The standard InChI is InChI=1S/C14H23N5/c1-18-7-4-11(5-8-18)10-19(2)13-9-17-6-3-12(13)14(15)16/h3,6,9,11H,4-5,7-8,10H2,1-2H3,(H3,15,16). The van der Waals surface area contributed by atoms with E-state index in [0.29, 0.717) is 5.92 Å². The van der Waals surface area contributed by atoms with Crippen LogP contribution in [0.1, 0.15) is 18.4 Å². The normalized spacial score (nSPS) is 17.4. The summed E-state index contributed by atoms with van der Waals surface area (Å²) >= 11 is 0. The minimum absolute atomic E-state index is 0.104. The van der Waals surface area contributed by atoms with Gasteiger partial charge in [-0.3, -0.25) is 10.4 Å². The van der Waals surface area contributed by atoms with Crippen LogP contribution in [-0.2, 0) is 0 Å². The molecule has 19 heavy (non-hydrogen) atoms. The Balaban J connectivity index is 2.03. The Bertz CT molecular complexity index is 437. The first-order chi connectivity index (χ1) is 9.08. The first-order valence-corrected chi connectivity index (χ1v) is 6.76. The topological polar surface area (TPSA) is 69.2 Å². The summed E-state index contributed by atoms with van der Waals surface area (Å²) in [6, 6.07) is 1.81. The average molecular weight is 261 g/mol. The second-order valence-corrected chi connectivity index (χ2v) is 5.43. The molecule has 2 heterocycles. The molecule has 1 saturated heterocycles. The molecule has 0 aromatic carbocycles. The molecule has 2 rings (SSSR count). The molecule has 1 fully saturated rings. The van der Waals surface area contributed by atoms with Gasteiger partial charge in [-0.1, -0.05) is 0 Å². The van der Waals surface area contributed by atoms with E-state index in [4.69, 9.17) is 11.1 Å². The highest BCUT2D eigenvalue weighted by atomic mass is 15.1. The van der Waals surface area contributed by atoms with Gasteiger partial charge in [0, 0.05) is 25.4 Å². The number of hydrogen-bond donors (Lipinski definition) is 2. The molecule has 1 aromatic rings. The van der Waals surface area contributed by atoms with Gasteiger partial charge in [0.05, 0.1) is 11.9 Å². The number of hydrogen-bond acceptors (Lipinski definition) is 4. The number of amidine groups is 1. The molecule has 3 N–H and O–H groups in total. The lowest BCUT2D eigenvalue weighted by atomic mass is 9.96. The fourth-order valence-electron chi connectivity index (χ4n) is 2.65. The number of anilines is 1. The second-order valence-electron chi connectivity index (χ2n) is 5.43. The molecule has 0 bridgehead atoms. The van der Waals surface area contributed by atoms with Gasteiger partial charge in [-0.05, 0) is 45.0 Å². The summed E-state index contributed by atoms with van der Waals surface area (Å²) in [4.78, 5) is 8.71. The van der Waals surface area contributed by atoms with Crippen molar-refractivity contribution >= 4 is 11.5 Å². The number of likely N-dealkylation sites (tertiary alicyclic amines) is 1. The number of rotatable bonds is 4. The third-order valence-corrected chi connectivity index (χ3v) is 3.87. The van der Waals surface area contributed by atoms with Crippen molar-refractivity contribution in [1.29, 1.82) is 5.41 Å². The minimum Gasteiger partial charge on any atom is -0.384 e. The Morgan fingerprint density at radius 2 is 2.21 bits per heavy atom. The minimum atomic E-state index is 0.104. The summed E-state index contributed by atoms with van der Waals surface area (Å²) in [6.07, 6.45) is 5.95. The smallest absolute Gasteiger partial charge is 0.125 e. The van der Waals surface area contributed by atoms with Gasteiger partial charge in [0.15, 0.2) is 0 Å². The number of nitrogens with zero attached hydrogens (tertiary/aromatic N) is 3. The van der Waals surface area contributed by atoms with E-state index in [0.717, 1.165) is 17.8 Å². The molecule has 0 spiro atoms. The molecule has 0 unspecified atom stereocenters. The van der Waals surface area contributed by atoms with Gasteiger partial charge < -0.3 is 15.5 Å². The molecule has 0 saturated carbocycles. The maximum absolute atomic E-state index is 7.63. The van der Waals surface area contributed by atoms with Crippen LogP contribution < -0.4 is 10.6 Å². The van der Waals surface area contributed by atoms with Crippen LogP contribution in [0.4, 0.5) is 5.69 Å². The lowest BCUT2D eigenvalue weighted by Gasteiger charge is -2.32. The highest BCUT2D eigenvalue weighted by molar-refractivity contribution is 6.00. The monoisotopic (exact) mass is 261 g/mol. The number of aromatic nitrogens is 1. The van der Waals surface area contributed by atoms with Crippen molar-refractivity contribution < 1.29 is 0 Å². The zero-order valence-corrected chi connectivity index (χ0v) is 11.8. The summed E-state index contributed by atoms with van der Waals surface area (Å²) < 4.78 is 0. The first-order valence-electron chi connectivity index (χ1n) is 6.76. The Morgan fingerprint density at radius 1 is 1.53 bits per heavy atom. The summed E-state index contributed by atoms with van der Waals surface area (Å²) in [6.45, 7) is 3.34. The maximum Gasteiger partial charge on any atom is 0.125 e. The van der Waals surface area contributed by atoms with Crippen LogP contribution in [-0.4, -0.2) is 49.4 Å². The van der Waals surface area contributed by atoms with Crippen LogP contribution in [0.5, 0.6) is 0 Å². The SMILES string of the molecule is CN1CCC(CN(C)c2cnccc2C(=N)N)CC1. The van der Waals surface area contributed by atoms with E-state index in [2.05, 4.69) is 28.9 Å². The van der Waals surface area contributed by atoms with Gasteiger partial charge in [-0.2, -0.15) is 0 Å². The molecule has 0 aliphatic carbocycles. The summed E-state index contributed by atoms with van der Waals surface area (Å²) in [7, 11) is 4.23. The van der Waals surface area contributed by atoms with Crippen LogP contribution in [0.15, 0.2) is 18.5 Å². The average Bonchev–Trinajstić information content (AvgIpc) is 2.41. The number of nitrogen functional groups attached to an aromatic ring is 1. The van der Waals surface area contributed by atoms with E-state index in [1.807, 2.05) is 6.07 Å². The van der Waals surface area contributed by atoms with E-state index in [1.54, 1.807) is 12.4 Å². The molecular weight excluding hydrogens is 238 g/mol. The second kappa shape index (κ2) is 6.02. The Labute approximate surface area is 114 Å². The molecule has 5 heteroatoms. The predicted molar refractivity (Wildman–Crippen MR) is 78.7 cm³/mol. The third-order valence-electron chi connectivity index (χ3n) is 3.87. The Morgan fingerprint density at radius 3 is 2.84 bits per heavy atom. The fourth-order valence-corrected chi connectivity index (χ4v) is 2.65. The lowest BCUT2D eigenvalue weighted by Crippen LogP contribution is -2.36. The van der Waals surface area contributed by atoms with Gasteiger partial charge in [-0.25, -0.2) is 0 Å². The Hall–Kier alpha value is -1.62. The largest absolute Gasteiger partial charge is 0.384 e. The van der Waals surface area contributed by atoms with Crippen LogP contribution in [0, 0.1) is 11.3 Å². The molecule has 0 radical (unpaired) electrons. The summed E-state index contributed by atoms with van der Waals surface area (Å²) in [5, 5.41) is 7.63. The van der Waals surface area contributed by atoms with Crippen molar-refractivity contribution in [2.45, 2.75) is 12.8 Å². The van der Waals surface area contributed by atoms with Gasteiger partial charge in [0.2, 0.25) is 0 Å². The van der Waals surface area contributed by atoms with Crippen LogP contribution in [0.2, 0.25) is 0 Å². The Kier molecular flexibility index (Phi) is 4.37. The highest BCUT2D eigenvalue weighted by Gasteiger charge is 2.19. The van der Waals surface area contributed by atoms with E-state index >= 15 is 0 Å². The first kappa shape index (κ1) is 13.8. The van der Waals surface area contributed by atoms with Crippen LogP contribution >= 0.6 is 0 Å². The van der Waals surface area contributed by atoms with Crippen LogP contribution in [0.25, 0.3) is 0 Å². The maximum atomic E-state index is 7.63. The zero-order chi connectivity index (χ0) is 13.8. The molecule has 1 aromatic heterocycles. The van der Waals surface area contributed by atoms with Gasteiger partial charge in [0.25, 0.3) is 0 Å². The molecule has 0 atom stereocenters. The van der Waals surface area contributed by atoms with Crippen molar-refractivity contribution in [1.82, 2.24) is 9.88 Å². The number of nitrogens with one attached hydrogen (secondary N) is 1. The van der Waals surface area contributed by atoms with Crippen molar-refractivity contribution in [3.63, 3.8) is 0 Å². The van der Waals surface area contributed by atoms with Crippen molar-refractivity contribution in [3.8, 4) is 0 Å². The van der Waals surface area contributed by atoms with Gasteiger partial charge in [0.1, 0.15) is 5.84 Å². The molecule has 1 aliphatic heterocycles. The van der Waals surface area contributed by atoms with Gasteiger partial charge in [-0.15, -0.1) is 0 Å². The number of piperidine rings is 1. The van der Waals surface area contributed by atoms with Crippen molar-refractivity contribution in [2.24, 2.45) is 11.7 Å². The van der Waals surface area contributed by atoms with Crippen LogP contribution in [0.3, 0.4) is 0 Å². The summed E-state index contributed by atoms with van der Waals surface area (Å²) in [5.74, 6) is 0.814. The summed E-state index contributed by atoms with van der Waals surface area (Å²) in [5.41, 5.74) is 7.35. The van der Waals surface area contributed by atoms with E-state index in [-0.39, 0.29) is 5.84 Å². The zero-order valence-electron chi connectivity index (χ0n) is 11.8. The highest BCUT2D eigenvalue weighted by Crippen LogP contribution is 2.22. The third kappa shape index (κ3) is 3.44. The predicted octanol–water partition coefficient (Wildman–Crippen LogP) is 1.14. The molecule has 104 valence electrons. The van der Waals surface area contributed by atoms with E-state index < -0.39 is 0 Å². The molecule has 1 aliphatic rings. The quantitative estimate of drug-likeness (QED) is 0.630. The molecule has 5 nitrogen and oxygen atoms in total. The van der Waals surface area contributed by atoms with E-state index in [9.17, 15) is 0 Å². The lowest BCUT2D eigenvalue weighted by molar-refractivity contribution is 0.222. The molecular formula is C14H23N5. The van der Waals surface area contributed by atoms with Gasteiger partial charge >= 0.3 is 0 Å². The van der Waals surface area contributed by atoms with Crippen molar-refractivity contribution in [3.05, 3.63) is 24.0 Å². The fraction of sp³-hybridized carbons (Fsp3) is 0.571. The number of pyridine rings is 1. The molecule has 0 amide bonds. The number of nitrogens with two attached hydrogens (primary N) is 1. The van der Waals surface area contributed by atoms with E-state index in [1.165, 1.54) is 25.9 Å². The van der Waals surface area contributed by atoms with Crippen molar-refractivity contribution in [2.75, 3.05) is 38.6 Å².